The number of fused-ring (bicyclic) bond motifs is 1. The fourth-order valence-electron chi connectivity index (χ4n) is 3.19. The topological polar surface area (TPSA) is 49.0 Å². The quantitative estimate of drug-likeness (QED) is 0.732. The molecule has 0 radical (unpaired) electrons. The third-order valence-corrected chi connectivity index (χ3v) is 5.63. The number of benzene rings is 1. The standard InChI is InChI=1S/C19H16F3N3OS/c20-19(21,22)18-23-15-8-9-25(11-14(15)17(26)24-18)10-13-6-7-16(27-13)12-4-2-1-3-5-12/h1-7H,8-11H2,(H,23,24,26). The van der Waals surface area contributed by atoms with Crippen LogP contribution in [0.25, 0.3) is 10.4 Å². The zero-order valence-corrected chi connectivity index (χ0v) is 15.0. The van der Waals surface area contributed by atoms with Crippen molar-refractivity contribution in [2.75, 3.05) is 6.54 Å². The summed E-state index contributed by atoms with van der Waals surface area (Å²) < 4.78 is 38.4. The molecule has 0 amide bonds. The number of nitrogens with one attached hydrogen (secondary N) is 1. The van der Waals surface area contributed by atoms with Gasteiger partial charge in [-0.1, -0.05) is 30.3 Å². The van der Waals surface area contributed by atoms with E-state index in [0.717, 1.165) is 15.3 Å². The first-order chi connectivity index (χ1) is 12.9. The van der Waals surface area contributed by atoms with E-state index >= 15 is 0 Å². The molecule has 2 aromatic heterocycles. The van der Waals surface area contributed by atoms with Gasteiger partial charge in [-0.15, -0.1) is 11.3 Å². The number of hydrogen-bond acceptors (Lipinski definition) is 4. The minimum absolute atomic E-state index is 0.249. The lowest BCUT2D eigenvalue weighted by Gasteiger charge is -2.27. The largest absolute Gasteiger partial charge is 0.449 e. The summed E-state index contributed by atoms with van der Waals surface area (Å²) in [5.41, 5.74) is 1.03. The smallest absolute Gasteiger partial charge is 0.303 e. The molecular formula is C19H16F3N3OS. The molecule has 0 aliphatic carbocycles. The average molecular weight is 391 g/mol. The van der Waals surface area contributed by atoms with E-state index in [2.05, 4.69) is 34.1 Å². The van der Waals surface area contributed by atoms with Crippen LogP contribution in [0.3, 0.4) is 0 Å². The minimum Gasteiger partial charge on any atom is -0.303 e. The number of aromatic amines is 1. The second-order valence-corrected chi connectivity index (χ2v) is 7.60. The molecule has 140 valence electrons. The molecule has 0 atom stereocenters. The highest BCUT2D eigenvalue weighted by atomic mass is 32.1. The lowest BCUT2D eigenvalue weighted by atomic mass is 10.1. The van der Waals surface area contributed by atoms with Crippen LogP contribution in [0, 0.1) is 0 Å². The SMILES string of the molecule is O=c1[nH]c(C(F)(F)F)nc2c1CN(Cc1ccc(-c3ccccc3)s1)CC2. The Morgan fingerprint density at radius 1 is 1.15 bits per heavy atom. The van der Waals surface area contributed by atoms with Crippen LogP contribution in [0.2, 0.25) is 0 Å². The van der Waals surface area contributed by atoms with Crippen molar-refractivity contribution in [3.05, 3.63) is 74.8 Å². The maximum absolute atomic E-state index is 12.8. The van der Waals surface area contributed by atoms with Crippen LogP contribution in [-0.4, -0.2) is 21.4 Å². The van der Waals surface area contributed by atoms with Crippen molar-refractivity contribution in [1.82, 2.24) is 14.9 Å². The number of hydrogen-bond donors (Lipinski definition) is 1. The summed E-state index contributed by atoms with van der Waals surface area (Å²) in [4.78, 5) is 22.0. The first-order valence-corrected chi connectivity index (χ1v) is 9.27. The van der Waals surface area contributed by atoms with Gasteiger partial charge in [0.1, 0.15) is 0 Å². The molecule has 1 N–H and O–H groups in total. The Morgan fingerprint density at radius 3 is 2.67 bits per heavy atom. The van der Waals surface area contributed by atoms with E-state index in [1.165, 1.54) is 0 Å². The first-order valence-electron chi connectivity index (χ1n) is 8.46. The molecule has 4 rings (SSSR count). The maximum Gasteiger partial charge on any atom is 0.449 e. The summed E-state index contributed by atoms with van der Waals surface area (Å²) in [5.74, 6) is -1.22. The number of aromatic nitrogens is 2. The molecule has 1 aromatic carbocycles. The van der Waals surface area contributed by atoms with Gasteiger partial charge in [-0.3, -0.25) is 9.69 Å². The molecule has 3 heterocycles. The van der Waals surface area contributed by atoms with Gasteiger partial charge in [0.2, 0.25) is 5.82 Å². The molecular weight excluding hydrogens is 375 g/mol. The average Bonchev–Trinajstić information content (AvgIpc) is 3.10. The first kappa shape index (κ1) is 17.9. The van der Waals surface area contributed by atoms with Gasteiger partial charge in [-0.25, -0.2) is 4.98 Å². The van der Waals surface area contributed by atoms with Gasteiger partial charge in [0.15, 0.2) is 0 Å². The van der Waals surface area contributed by atoms with Crippen molar-refractivity contribution in [3.8, 4) is 10.4 Å². The van der Waals surface area contributed by atoms with Crippen molar-refractivity contribution in [2.45, 2.75) is 25.7 Å². The molecule has 0 saturated heterocycles. The molecule has 8 heteroatoms. The highest BCUT2D eigenvalue weighted by Gasteiger charge is 2.35. The van der Waals surface area contributed by atoms with Crippen molar-refractivity contribution < 1.29 is 13.2 Å². The predicted molar refractivity (Wildman–Crippen MR) is 97.4 cm³/mol. The number of H-pyrrole nitrogens is 1. The molecule has 4 nitrogen and oxygen atoms in total. The van der Waals surface area contributed by atoms with E-state index in [4.69, 9.17) is 0 Å². The van der Waals surface area contributed by atoms with E-state index in [1.54, 1.807) is 11.3 Å². The van der Waals surface area contributed by atoms with Crippen molar-refractivity contribution in [2.24, 2.45) is 0 Å². The van der Waals surface area contributed by atoms with Crippen LogP contribution in [0.1, 0.15) is 22.0 Å². The van der Waals surface area contributed by atoms with E-state index in [1.807, 2.05) is 23.2 Å². The number of halogens is 3. The maximum atomic E-state index is 12.8. The van der Waals surface area contributed by atoms with Crippen LogP contribution >= 0.6 is 11.3 Å². The Hall–Kier alpha value is -2.45. The second kappa shape index (κ2) is 6.94. The molecule has 0 saturated carbocycles. The van der Waals surface area contributed by atoms with Crippen molar-refractivity contribution >= 4 is 11.3 Å². The molecule has 0 unspecified atom stereocenters. The number of nitrogens with zero attached hydrogens (tertiary/aromatic N) is 2. The van der Waals surface area contributed by atoms with E-state index in [9.17, 15) is 18.0 Å². The van der Waals surface area contributed by atoms with Gasteiger partial charge >= 0.3 is 6.18 Å². The summed E-state index contributed by atoms with van der Waals surface area (Å²) in [5, 5.41) is 0. The third-order valence-electron chi connectivity index (χ3n) is 4.52. The normalized spacial score (nSPS) is 14.9. The van der Waals surface area contributed by atoms with E-state index in [0.29, 0.717) is 31.6 Å². The van der Waals surface area contributed by atoms with Crippen molar-refractivity contribution in [1.29, 1.82) is 0 Å². The highest BCUT2D eigenvalue weighted by Crippen LogP contribution is 2.30. The highest BCUT2D eigenvalue weighted by molar-refractivity contribution is 7.15. The Balaban J connectivity index is 1.51. The minimum atomic E-state index is -4.64. The second-order valence-electron chi connectivity index (χ2n) is 6.43. The number of thiophene rings is 1. The zero-order chi connectivity index (χ0) is 19.0. The molecule has 0 spiro atoms. The molecule has 27 heavy (non-hydrogen) atoms. The third kappa shape index (κ3) is 3.81. The number of rotatable bonds is 3. The monoisotopic (exact) mass is 391 g/mol. The van der Waals surface area contributed by atoms with Gasteiger partial charge in [-0.05, 0) is 17.7 Å². The van der Waals surface area contributed by atoms with E-state index < -0.39 is 17.6 Å². The Labute approximate surface area is 157 Å². The number of alkyl halides is 3. The fraction of sp³-hybridized carbons (Fsp3) is 0.263. The van der Waals surface area contributed by atoms with Gasteiger partial charge in [-0.2, -0.15) is 13.2 Å². The molecule has 0 fully saturated rings. The lowest BCUT2D eigenvalue weighted by molar-refractivity contribution is -0.145. The van der Waals surface area contributed by atoms with Crippen LogP contribution in [0.15, 0.2) is 47.3 Å². The van der Waals surface area contributed by atoms with Crippen LogP contribution in [0.4, 0.5) is 13.2 Å². The molecule has 3 aromatic rings. The Bertz CT molecular complexity index is 1010. The lowest BCUT2D eigenvalue weighted by Crippen LogP contribution is -2.36. The van der Waals surface area contributed by atoms with Crippen molar-refractivity contribution in [3.63, 3.8) is 0 Å². The predicted octanol–water partition coefficient (Wildman–Crippen LogP) is 4.08. The summed E-state index contributed by atoms with van der Waals surface area (Å²) in [7, 11) is 0. The summed E-state index contributed by atoms with van der Waals surface area (Å²) >= 11 is 1.68. The Kier molecular flexibility index (Phi) is 4.61. The van der Waals surface area contributed by atoms with Crippen LogP contribution in [-0.2, 0) is 25.7 Å². The van der Waals surface area contributed by atoms with Gasteiger partial charge in [0.05, 0.1) is 11.3 Å². The van der Waals surface area contributed by atoms with Gasteiger partial charge < -0.3 is 4.98 Å². The molecule has 1 aliphatic rings. The van der Waals surface area contributed by atoms with Gasteiger partial charge in [0, 0.05) is 35.8 Å². The van der Waals surface area contributed by atoms with Crippen LogP contribution in [0.5, 0.6) is 0 Å². The fourth-order valence-corrected chi connectivity index (χ4v) is 4.25. The van der Waals surface area contributed by atoms with Crippen LogP contribution < -0.4 is 5.56 Å². The Morgan fingerprint density at radius 2 is 1.93 bits per heavy atom. The summed E-state index contributed by atoms with van der Waals surface area (Å²) in [6.07, 6.45) is -4.31. The summed E-state index contributed by atoms with van der Waals surface area (Å²) in [6, 6.07) is 14.2. The molecule has 1 aliphatic heterocycles. The molecule has 0 bridgehead atoms. The summed E-state index contributed by atoms with van der Waals surface area (Å²) in [6.45, 7) is 1.52. The zero-order valence-electron chi connectivity index (χ0n) is 14.2. The van der Waals surface area contributed by atoms with E-state index in [-0.39, 0.29) is 5.69 Å². The van der Waals surface area contributed by atoms with Gasteiger partial charge in [0.25, 0.3) is 5.56 Å².